The van der Waals surface area contributed by atoms with Crippen LogP contribution in [0.15, 0.2) is 24.4 Å². The monoisotopic (exact) mass is 337 g/mol. The lowest BCUT2D eigenvalue weighted by Crippen LogP contribution is -2.32. The van der Waals surface area contributed by atoms with Gasteiger partial charge in [-0.2, -0.15) is 5.10 Å². The van der Waals surface area contributed by atoms with E-state index in [4.69, 9.17) is 23.2 Å². The van der Waals surface area contributed by atoms with Crippen molar-refractivity contribution in [1.29, 1.82) is 0 Å². The van der Waals surface area contributed by atoms with Crippen LogP contribution in [0.1, 0.15) is 35.6 Å². The fraction of sp³-hybridized carbons (Fsp3) is 0.375. The van der Waals surface area contributed by atoms with Crippen molar-refractivity contribution in [2.24, 2.45) is 0 Å². The van der Waals surface area contributed by atoms with E-state index >= 15 is 0 Å². The lowest BCUT2D eigenvalue weighted by Gasteiger charge is -2.21. The number of carbonyl (C=O) groups is 1. The normalized spacial score (nSPS) is 17.1. The number of aromatic amines is 1. The molecule has 1 heterocycles. The number of nitrogens with zero attached hydrogens (tertiary/aromatic N) is 1. The lowest BCUT2D eigenvalue weighted by atomic mass is 9.86. The van der Waals surface area contributed by atoms with Gasteiger partial charge < -0.3 is 5.32 Å². The van der Waals surface area contributed by atoms with Crippen LogP contribution in [0.2, 0.25) is 10.0 Å². The van der Waals surface area contributed by atoms with E-state index in [1.54, 1.807) is 12.3 Å². The zero-order valence-electron chi connectivity index (χ0n) is 12.0. The molecule has 0 saturated heterocycles. The summed E-state index contributed by atoms with van der Waals surface area (Å²) in [6.07, 6.45) is 5.32. The van der Waals surface area contributed by atoms with E-state index in [0.717, 1.165) is 36.1 Å². The van der Waals surface area contributed by atoms with Gasteiger partial charge in [-0.05, 0) is 43.4 Å². The fourth-order valence-corrected chi connectivity index (χ4v) is 3.40. The van der Waals surface area contributed by atoms with Gasteiger partial charge in [-0.1, -0.05) is 29.3 Å². The molecule has 0 bridgehead atoms. The van der Waals surface area contributed by atoms with Crippen LogP contribution in [-0.4, -0.2) is 22.6 Å². The van der Waals surface area contributed by atoms with E-state index in [0.29, 0.717) is 23.0 Å². The predicted molar refractivity (Wildman–Crippen MR) is 87.4 cm³/mol. The quantitative estimate of drug-likeness (QED) is 0.896. The van der Waals surface area contributed by atoms with Crippen LogP contribution in [0.4, 0.5) is 0 Å². The summed E-state index contributed by atoms with van der Waals surface area (Å²) in [5.74, 6) is -0.0318. The highest BCUT2D eigenvalue weighted by atomic mass is 35.5. The average molecular weight is 338 g/mol. The van der Waals surface area contributed by atoms with E-state index in [9.17, 15) is 4.79 Å². The summed E-state index contributed by atoms with van der Waals surface area (Å²) in [6.45, 7) is 0.559. The van der Waals surface area contributed by atoms with Gasteiger partial charge in [-0.3, -0.25) is 9.89 Å². The lowest BCUT2D eigenvalue weighted by molar-refractivity contribution is -0.122. The molecule has 0 aliphatic heterocycles. The summed E-state index contributed by atoms with van der Waals surface area (Å²) in [4.78, 5) is 12.4. The summed E-state index contributed by atoms with van der Waals surface area (Å²) in [5, 5.41) is 11.3. The second-order valence-corrected chi connectivity index (χ2v) is 6.37. The minimum atomic E-state index is -0.0943. The van der Waals surface area contributed by atoms with E-state index in [1.807, 2.05) is 12.1 Å². The third kappa shape index (κ3) is 3.28. The minimum absolute atomic E-state index is 0.0624. The van der Waals surface area contributed by atoms with Crippen molar-refractivity contribution >= 4 is 29.1 Å². The largest absolute Gasteiger partial charge is 0.355 e. The molecule has 6 heteroatoms. The first-order chi connectivity index (χ1) is 10.6. The molecule has 0 saturated carbocycles. The molecule has 2 aromatic rings. The van der Waals surface area contributed by atoms with Crippen LogP contribution in [0.25, 0.3) is 0 Å². The van der Waals surface area contributed by atoms with Crippen LogP contribution in [0.3, 0.4) is 0 Å². The third-order valence-electron chi connectivity index (χ3n) is 4.07. The van der Waals surface area contributed by atoms with E-state index < -0.39 is 0 Å². The number of carbonyl (C=O) groups excluding carboxylic acids is 1. The molecule has 1 aliphatic rings. The number of amides is 1. The first-order valence-corrected chi connectivity index (χ1v) is 8.14. The smallest absolute Gasteiger partial charge is 0.227 e. The number of aryl methyl sites for hydroxylation is 1. The molecule has 1 unspecified atom stereocenters. The number of nitrogens with one attached hydrogen (secondary N) is 2. The minimum Gasteiger partial charge on any atom is -0.355 e. The maximum atomic E-state index is 12.4. The Bertz CT molecular complexity index is 684. The molecule has 1 amide bonds. The fourth-order valence-electron chi connectivity index (χ4n) is 2.90. The molecule has 1 atom stereocenters. The number of halogens is 2. The number of fused-ring (bicyclic) bond motifs is 1. The topological polar surface area (TPSA) is 57.8 Å². The third-order valence-corrected chi connectivity index (χ3v) is 4.66. The Morgan fingerprint density at radius 3 is 3.09 bits per heavy atom. The molecule has 116 valence electrons. The van der Waals surface area contributed by atoms with Crippen LogP contribution >= 0.6 is 23.2 Å². The van der Waals surface area contributed by atoms with E-state index in [-0.39, 0.29) is 11.8 Å². The molecular weight excluding hydrogens is 321 g/mol. The van der Waals surface area contributed by atoms with Crippen LogP contribution in [-0.2, 0) is 17.6 Å². The maximum Gasteiger partial charge on any atom is 0.227 e. The zero-order chi connectivity index (χ0) is 15.5. The maximum absolute atomic E-state index is 12.4. The Hall–Kier alpha value is -1.52. The van der Waals surface area contributed by atoms with Crippen LogP contribution < -0.4 is 5.32 Å². The molecular formula is C16H17Cl2N3O. The van der Waals surface area contributed by atoms with Gasteiger partial charge in [0.2, 0.25) is 5.91 Å². The molecule has 2 N–H and O–H groups in total. The SMILES string of the molecule is O=C(NCCc1ccc(Cl)cc1Cl)C1CCCc2[nH]ncc21. The van der Waals surface area contributed by atoms with Crippen molar-refractivity contribution in [1.82, 2.24) is 15.5 Å². The highest BCUT2D eigenvalue weighted by Gasteiger charge is 2.27. The first kappa shape index (κ1) is 15.4. The molecule has 3 rings (SSSR count). The molecule has 1 aromatic carbocycles. The van der Waals surface area contributed by atoms with Crippen molar-refractivity contribution in [3.63, 3.8) is 0 Å². The number of hydrogen-bond donors (Lipinski definition) is 2. The summed E-state index contributed by atoms with van der Waals surface area (Å²) < 4.78 is 0. The van der Waals surface area contributed by atoms with Crippen molar-refractivity contribution in [2.75, 3.05) is 6.54 Å². The molecule has 1 aromatic heterocycles. The highest BCUT2D eigenvalue weighted by Crippen LogP contribution is 2.30. The molecule has 4 nitrogen and oxygen atoms in total. The molecule has 0 radical (unpaired) electrons. The van der Waals surface area contributed by atoms with Crippen molar-refractivity contribution < 1.29 is 4.79 Å². The van der Waals surface area contributed by atoms with E-state index in [1.165, 1.54) is 0 Å². The Kier molecular flexibility index (Phi) is 4.69. The number of hydrogen-bond acceptors (Lipinski definition) is 2. The second kappa shape index (κ2) is 6.71. The Labute approximate surface area is 139 Å². The summed E-state index contributed by atoms with van der Waals surface area (Å²) in [7, 11) is 0. The van der Waals surface area contributed by atoms with Crippen LogP contribution in [0.5, 0.6) is 0 Å². The Balaban J connectivity index is 1.57. The Morgan fingerprint density at radius 1 is 1.41 bits per heavy atom. The molecule has 0 fully saturated rings. The van der Waals surface area contributed by atoms with Gasteiger partial charge in [0.25, 0.3) is 0 Å². The number of rotatable bonds is 4. The summed E-state index contributed by atoms with van der Waals surface area (Å²) in [5.41, 5.74) is 3.11. The predicted octanol–water partition coefficient (Wildman–Crippen LogP) is 3.50. The first-order valence-electron chi connectivity index (χ1n) is 7.39. The average Bonchev–Trinajstić information content (AvgIpc) is 2.97. The van der Waals surface area contributed by atoms with Gasteiger partial charge in [0, 0.05) is 27.8 Å². The van der Waals surface area contributed by atoms with E-state index in [2.05, 4.69) is 15.5 Å². The number of H-pyrrole nitrogens is 1. The summed E-state index contributed by atoms with van der Waals surface area (Å²) >= 11 is 12.0. The van der Waals surface area contributed by atoms with Crippen LogP contribution in [0, 0.1) is 0 Å². The second-order valence-electron chi connectivity index (χ2n) is 5.53. The zero-order valence-corrected chi connectivity index (χ0v) is 13.5. The van der Waals surface area contributed by atoms with Gasteiger partial charge in [0.15, 0.2) is 0 Å². The van der Waals surface area contributed by atoms with Crippen molar-refractivity contribution in [3.8, 4) is 0 Å². The molecule has 22 heavy (non-hydrogen) atoms. The van der Waals surface area contributed by atoms with Crippen molar-refractivity contribution in [2.45, 2.75) is 31.6 Å². The van der Waals surface area contributed by atoms with Gasteiger partial charge in [-0.15, -0.1) is 0 Å². The Morgan fingerprint density at radius 2 is 2.27 bits per heavy atom. The standard InChI is InChI=1S/C16H17Cl2N3O/c17-11-5-4-10(14(18)8-11)6-7-19-16(22)12-2-1-3-15-13(12)9-20-21-15/h4-5,8-9,12H,1-3,6-7H2,(H,19,22)(H,20,21). The molecule has 0 spiro atoms. The van der Waals surface area contributed by atoms with Crippen molar-refractivity contribution in [3.05, 3.63) is 51.3 Å². The number of benzene rings is 1. The number of aromatic nitrogens is 2. The summed E-state index contributed by atoms with van der Waals surface area (Å²) in [6, 6.07) is 5.42. The van der Waals surface area contributed by atoms with Gasteiger partial charge >= 0.3 is 0 Å². The molecule has 1 aliphatic carbocycles. The highest BCUT2D eigenvalue weighted by molar-refractivity contribution is 6.35. The van der Waals surface area contributed by atoms with Gasteiger partial charge in [0.1, 0.15) is 0 Å². The van der Waals surface area contributed by atoms with Gasteiger partial charge in [-0.25, -0.2) is 0 Å². The van der Waals surface area contributed by atoms with Gasteiger partial charge in [0.05, 0.1) is 12.1 Å².